The summed E-state index contributed by atoms with van der Waals surface area (Å²) in [6, 6.07) is 12.7. The van der Waals surface area contributed by atoms with Gasteiger partial charge in [-0.1, -0.05) is 33.7 Å². The summed E-state index contributed by atoms with van der Waals surface area (Å²) in [7, 11) is 8.00. The Bertz CT molecular complexity index is 467. The number of aromatic nitrogens is 2. The van der Waals surface area contributed by atoms with Crippen LogP contribution in [0.3, 0.4) is 0 Å². The molecule has 0 saturated carbocycles. The van der Waals surface area contributed by atoms with Crippen LogP contribution in [0.25, 0.3) is 0 Å². The van der Waals surface area contributed by atoms with Gasteiger partial charge in [0.15, 0.2) is 23.8 Å². The van der Waals surface area contributed by atoms with E-state index < -0.39 is 0 Å². The summed E-state index contributed by atoms with van der Waals surface area (Å²) < 4.78 is 4.35. The maximum Gasteiger partial charge on any atom is 0.191 e. The third-order valence-electron chi connectivity index (χ3n) is 2.82. The number of aryl methyl sites for hydroxylation is 2. The van der Waals surface area contributed by atoms with Gasteiger partial charge in [-0.05, 0) is 0 Å². The van der Waals surface area contributed by atoms with Gasteiger partial charge >= 0.3 is 0 Å². The normalized spacial score (nSPS) is 10.6. The summed E-state index contributed by atoms with van der Waals surface area (Å²) in [6.07, 6.45) is 4.19. The van der Waals surface area contributed by atoms with E-state index in [0.29, 0.717) is 0 Å². The second-order valence-electron chi connectivity index (χ2n) is 4.13. The third kappa shape index (κ3) is 3.75. The predicted molar refractivity (Wildman–Crippen MR) is 77.8 cm³/mol. The van der Waals surface area contributed by atoms with Gasteiger partial charge in [-0.2, -0.15) is 0 Å². The molecule has 0 bridgehead atoms. The maximum atomic E-state index is 2.18. The first-order valence-electron chi connectivity index (χ1n) is 5.89. The Morgan fingerprint density at radius 3 is 1.61 bits per heavy atom. The van der Waals surface area contributed by atoms with Crippen molar-refractivity contribution in [3.63, 3.8) is 0 Å². The number of hydrogen-bond donors (Lipinski definition) is 0. The Morgan fingerprint density at radius 1 is 0.778 bits per heavy atom. The molecule has 94 valence electrons. The van der Waals surface area contributed by atoms with Crippen molar-refractivity contribution in [1.29, 1.82) is 0 Å². The monoisotopic (exact) mass is 278 g/mol. The number of nitrogens with zero attached hydrogens (tertiary/aromatic N) is 2. The first kappa shape index (κ1) is 13.4. The Hall–Kier alpha value is -1.00. The Labute approximate surface area is 116 Å². The molecule has 2 heterocycles. The van der Waals surface area contributed by atoms with Crippen LogP contribution in [0, 0.1) is 0 Å². The van der Waals surface area contributed by atoms with Crippen molar-refractivity contribution >= 4 is 21.6 Å². The van der Waals surface area contributed by atoms with Gasteiger partial charge in [0.25, 0.3) is 0 Å². The average molecular weight is 278 g/mol. The second kappa shape index (κ2) is 6.81. The van der Waals surface area contributed by atoms with E-state index in [9.17, 15) is 0 Å². The fraction of sp³-hybridized carbons (Fsp3) is 0.286. The molecule has 18 heavy (non-hydrogen) atoms. The van der Waals surface area contributed by atoms with Crippen LogP contribution in [0.4, 0.5) is 0 Å². The molecular weight excluding hydrogens is 260 g/mol. The average Bonchev–Trinajstić information content (AvgIpc) is 2.38. The lowest BCUT2D eigenvalue weighted by Gasteiger charge is -2.00. The highest BCUT2D eigenvalue weighted by molar-refractivity contribution is 8.76. The molecule has 0 fully saturated rings. The molecule has 0 amide bonds. The van der Waals surface area contributed by atoms with E-state index in [0.717, 1.165) is 11.5 Å². The van der Waals surface area contributed by atoms with Crippen molar-refractivity contribution in [2.45, 2.75) is 11.5 Å². The van der Waals surface area contributed by atoms with Gasteiger partial charge in [0.2, 0.25) is 0 Å². The molecule has 2 aromatic heterocycles. The van der Waals surface area contributed by atoms with Gasteiger partial charge in [-0.25, -0.2) is 9.13 Å². The minimum absolute atomic E-state index is 1.04. The molecule has 2 aromatic rings. The molecule has 0 spiro atoms. The first-order chi connectivity index (χ1) is 8.77. The molecule has 0 aromatic carbocycles. The van der Waals surface area contributed by atoms with E-state index >= 15 is 0 Å². The zero-order valence-corrected chi connectivity index (χ0v) is 12.4. The summed E-state index contributed by atoms with van der Waals surface area (Å²) in [4.78, 5) is 0. The highest BCUT2D eigenvalue weighted by atomic mass is 33.1. The summed E-state index contributed by atoms with van der Waals surface area (Å²) in [6.45, 7) is 0. The van der Waals surface area contributed by atoms with Crippen LogP contribution in [0.1, 0.15) is 11.4 Å². The molecule has 0 unspecified atom stereocenters. The SMILES string of the molecule is C[n+]1ccccc1CSSCc1cccc[n+]1C. The molecule has 0 aliphatic heterocycles. The molecule has 0 aliphatic rings. The summed E-state index contributed by atoms with van der Waals surface area (Å²) >= 11 is 0. The lowest BCUT2D eigenvalue weighted by atomic mass is 10.4. The van der Waals surface area contributed by atoms with E-state index in [1.807, 2.05) is 21.6 Å². The molecule has 2 rings (SSSR count). The van der Waals surface area contributed by atoms with Crippen molar-refractivity contribution in [1.82, 2.24) is 0 Å². The fourth-order valence-electron chi connectivity index (χ4n) is 1.62. The molecule has 0 aliphatic carbocycles. The zero-order valence-electron chi connectivity index (χ0n) is 10.7. The Morgan fingerprint density at radius 2 is 1.22 bits per heavy atom. The summed E-state index contributed by atoms with van der Waals surface area (Å²) in [5.74, 6) is 2.08. The van der Waals surface area contributed by atoms with Crippen LogP contribution in [-0.2, 0) is 25.6 Å². The Kier molecular flexibility index (Phi) is 5.08. The van der Waals surface area contributed by atoms with Crippen LogP contribution in [0.2, 0.25) is 0 Å². The van der Waals surface area contributed by atoms with Crippen molar-refractivity contribution in [3.8, 4) is 0 Å². The van der Waals surface area contributed by atoms with Gasteiger partial charge in [-0.15, -0.1) is 0 Å². The van der Waals surface area contributed by atoms with Crippen LogP contribution in [0.5, 0.6) is 0 Å². The fourth-order valence-corrected chi connectivity index (χ4v) is 3.85. The smallest absolute Gasteiger partial charge is 0.191 e. The minimum atomic E-state index is 1.04. The number of rotatable bonds is 5. The molecule has 0 radical (unpaired) electrons. The van der Waals surface area contributed by atoms with Crippen molar-refractivity contribution in [2.24, 2.45) is 14.1 Å². The Balaban J connectivity index is 1.80. The third-order valence-corrected chi connectivity index (χ3v) is 5.02. The lowest BCUT2D eigenvalue weighted by molar-refractivity contribution is -0.678. The second-order valence-corrected chi connectivity index (χ2v) is 6.59. The van der Waals surface area contributed by atoms with Gasteiger partial charge in [0, 0.05) is 24.3 Å². The van der Waals surface area contributed by atoms with Crippen molar-refractivity contribution in [2.75, 3.05) is 0 Å². The molecule has 2 nitrogen and oxygen atoms in total. The highest BCUT2D eigenvalue weighted by Gasteiger charge is 2.07. The topological polar surface area (TPSA) is 7.76 Å². The van der Waals surface area contributed by atoms with Crippen molar-refractivity contribution < 1.29 is 9.13 Å². The molecule has 0 saturated heterocycles. The predicted octanol–water partition coefficient (Wildman–Crippen LogP) is 2.42. The van der Waals surface area contributed by atoms with Gasteiger partial charge in [0.05, 0.1) is 11.5 Å². The van der Waals surface area contributed by atoms with Gasteiger partial charge in [-0.3, -0.25) is 0 Å². The maximum absolute atomic E-state index is 2.18. The minimum Gasteiger partial charge on any atom is -0.204 e. The summed E-state index contributed by atoms with van der Waals surface area (Å²) in [5.41, 5.74) is 2.71. The van der Waals surface area contributed by atoms with Gasteiger partial charge < -0.3 is 0 Å². The van der Waals surface area contributed by atoms with Crippen LogP contribution in [0.15, 0.2) is 48.8 Å². The summed E-state index contributed by atoms with van der Waals surface area (Å²) in [5, 5.41) is 0. The van der Waals surface area contributed by atoms with E-state index in [2.05, 4.69) is 72.0 Å². The van der Waals surface area contributed by atoms with Crippen LogP contribution in [-0.4, -0.2) is 0 Å². The molecule has 4 heteroatoms. The molecule has 0 atom stereocenters. The molecule has 0 N–H and O–H groups in total. The van der Waals surface area contributed by atoms with E-state index in [4.69, 9.17) is 0 Å². The van der Waals surface area contributed by atoms with E-state index in [1.165, 1.54) is 11.4 Å². The van der Waals surface area contributed by atoms with E-state index in [-0.39, 0.29) is 0 Å². The quantitative estimate of drug-likeness (QED) is 0.471. The largest absolute Gasteiger partial charge is 0.204 e. The highest BCUT2D eigenvalue weighted by Crippen LogP contribution is 2.27. The van der Waals surface area contributed by atoms with Crippen molar-refractivity contribution in [3.05, 3.63) is 60.2 Å². The lowest BCUT2D eigenvalue weighted by Crippen LogP contribution is -2.32. The molecular formula is C14H18N2S2+2. The number of pyridine rings is 2. The number of hydrogen-bond acceptors (Lipinski definition) is 2. The zero-order chi connectivity index (χ0) is 12.8. The van der Waals surface area contributed by atoms with Crippen LogP contribution >= 0.6 is 21.6 Å². The van der Waals surface area contributed by atoms with E-state index in [1.54, 1.807) is 0 Å². The standard InChI is InChI=1S/C14H18N2S2/c1-15-9-5-3-7-13(15)11-17-18-12-14-8-4-6-10-16(14)2/h3-10H,11-12H2,1-2H3/q+2. The van der Waals surface area contributed by atoms with Gasteiger partial charge in [0.1, 0.15) is 14.1 Å². The first-order valence-corrected chi connectivity index (χ1v) is 8.37. The van der Waals surface area contributed by atoms with Crippen LogP contribution < -0.4 is 9.13 Å².